The first-order chi connectivity index (χ1) is 10.2. The van der Waals surface area contributed by atoms with Crippen LogP contribution in [0.5, 0.6) is 11.5 Å². The van der Waals surface area contributed by atoms with Gasteiger partial charge in [0.05, 0.1) is 7.11 Å². The maximum atomic E-state index is 6.04. The maximum absolute atomic E-state index is 6.04. The van der Waals surface area contributed by atoms with E-state index < -0.39 is 0 Å². The smallest absolute Gasteiger partial charge is 0.166 e. The predicted octanol–water partition coefficient (Wildman–Crippen LogP) is 3.95. The zero-order chi connectivity index (χ0) is 15.2. The number of hydrogen-bond donors (Lipinski definition) is 1. The summed E-state index contributed by atoms with van der Waals surface area (Å²) in [5.74, 6) is 1.26. The van der Waals surface area contributed by atoms with Crippen LogP contribution in [-0.4, -0.2) is 7.11 Å². The van der Waals surface area contributed by atoms with E-state index >= 15 is 0 Å². The van der Waals surface area contributed by atoms with Gasteiger partial charge in [-0.15, -0.1) is 0 Å². The van der Waals surface area contributed by atoms with Crippen molar-refractivity contribution in [3.63, 3.8) is 0 Å². The lowest BCUT2D eigenvalue weighted by Gasteiger charge is -2.15. The minimum Gasteiger partial charge on any atom is -0.493 e. The molecule has 2 N–H and O–H groups in total. The molecule has 0 spiro atoms. The van der Waals surface area contributed by atoms with Gasteiger partial charge in [-0.1, -0.05) is 42.8 Å². The van der Waals surface area contributed by atoms with Crippen LogP contribution in [-0.2, 0) is 19.6 Å². The molecule has 2 aromatic rings. The van der Waals surface area contributed by atoms with Crippen LogP contribution in [0.3, 0.4) is 0 Å². The van der Waals surface area contributed by atoms with Crippen LogP contribution in [0.1, 0.15) is 23.6 Å². The maximum Gasteiger partial charge on any atom is 0.166 e. The Balaban J connectivity index is 2.18. The molecule has 0 aromatic heterocycles. The van der Waals surface area contributed by atoms with Crippen LogP contribution in [0.15, 0.2) is 36.4 Å². The highest BCUT2D eigenvalue weighted by Crippen LogP contribution is 2.35. The number of nitrogens with two attached hydrogens (primary N) is 1. The summed E-state index contributed by atoms with van der Waals surface area (Å²) in [4.78, 5) is 0. The minimum absolute atomic E-state index is 0.348. The first-order valence-electron chi connectivity index (χ1n) is 6.95. The number of hydrogen-bond acceptors (Lipinski definition) is 3. The Morgan fingerprint density at radius 3 is 2.33 bits per heavy atom. The molecule has 0 aliphatic heterocycles. The Kier molecular flexibility index (Phi) is 5.48. The molecule has 0 fully saturated rings. The van der Waals surface area contributed by atoms with Crippen LogP contribution in [0.4, 0.5) is 0 Å². The van der Waals surface area contributed by atoms with E-state index in [2.05, 4.69) is 31.2 Å². The van der Waals surface area contributed by atoms with Crippen LogP contribution < -0.4 is 15.2 Å². The zero-order valence-corrected chi connectivity index (χ0v) is 13.1. The van der Waals surface area contributed by atoms with Gasteiger partial charge in [-0.2, -0.15) is 0 Å². The fraction of sp³-hybridized carbons (Fsp3) is 0.294. The Morgan fingerprint density at radius 2 is 1.76 bits per heavy atom. The third-order valence-corrected chi connectivity index (χ3v) is 3.57. The SMILES string of the molecule is CCc1ccc(COc2c(CN)cc(Cl)cc2OC)cc1. The topological polar surface area (TPSA) is 44.5 Å². The third-order valence-electron chi connectivity index (χ3n) is 3.35. The molecule has 0 aliphatic rings. The molecule has 0 saturated carbocycles. The lowest BCUT2D eigenvalue weighted by Crippen LogP contribution is -2.05. The molecule has 3 nitrogen and oxygen atoms in total. The summed E-state index contributed by atoms with van der Waals surface area (Å²) < 4.78 is 11.2. The Morgan fingerprint density at radius 1 is 1.10 bits per heavy atom. The van der Waals surface area contributed by atoms with E-state index in [-0.39, 0.29) is 0 Å². The summed E-state index contributed by atoms with van der Waals surface area (Å²) in [5.41, 5.74) is 9.01. The first-order valence-corrected chi connectivity index (χ1v) is 7.32. The van der Waals surface area contributed by atoms with E-state index in [0.717, 1.165) is 17.5 Å². The molecular formula is C17H20ClNO2. The Labute approximate surface area is 130 Å². The normalized spacial score (nSPS) is 10.5. The van der Waals surface area contributed by atoms with Crippen LogP contribution >= 0.6 is 11.6 Å². The van der Waals surface area contributed by atoms with Gasteiger partial charge in [0.15, 0.2) is 11.5 Å². The highest BCUT2D eigenvalue weighted by Gasteiger charge is 2.12. The van der Waals surface area contributed by atoms with Crippen LogP contribution in [0, 0.1) is 0 Å². The third kappa shape index (κ3) is 3.90. The number of benzene rings is 2. The summed E-state index contributed by atoms with van der Waals surface area (Å²) in [6, 6.07) is 11.9. The molecule has 0 radical (unpaired) electrons. The molecule has 0 aliphatic carbocycles. The van der Waals surface area contributed by atoms with E-state index in [1.807, 2.05) is 0 Å². The van der Waals surface area contributed by atoms with Crippen molar-refractivity contribution in [1.29, 1.82) is 0 Å². The highest BCUT2D eigenvalue weighted by molar-refractivity contribution is 6.30. The zero-order valence-electron chi connectivity index (χ0n) is 12.4. The average molecular weight is 306 g/mol. The van der Waals surface area contributed by atoms with Gasteiger partial charge in [0.25, 0.3) is 0 Å². The van der Waals surface area contributed by atoms with Gasteiger partial charge in [-0.3, -0.25) is 0 Å². The summed E-state index contributed by atoms with van der Waals surface area (Å²) in [6.07, 6.45) is 1.03. The molecule has 2 rings (SSSR count). The van der Waals surface area contributed by atoms with Crippen molar-refractivity contribution in [1.82, 2.24) is 0 Å². The van der Waals surface area contributed by atoms with Crippen molar-refractivity contribution in [2.45, 2.75) is 26.5 Å². The van der Waals surface area contributed by atoms with Gasteiger partial charge >= 0.3 is 0 Å². The Hall–Kier alpha value is -1.71. The van der Waals surface area contributed by atoms with Crippen molar-refractivity contribution in [3.05, 3.63) is 58.1 Å². The molecule has 0 bridgehead atoms. The predicted molar refractivity (Wildman–Crippen MR) is 86.0 cm³/mol. The molecule has 0 unspecified atom stereocenters. The quantitative estimate of drug-likeness (QED) is 0.879. The molecule has 0 saturated heterocycles. The number of methoxy groups -OCH3 is 1. The largest absolute Gasteiger partial charge is 0.493 e. The molecular weight excluding hydrogens is 286 g/mol. The van der Waals surface area contributed by atoms with Crippen molar-refractivity contribution in [2.24, 2.45) is 5.73 Å². The number of ether oxygens (including phenoxy) is 2. The number of rotatable bonds is 6. The molecule has 2 aromatic carbocycles. The van der Waals surface area contributed by atoms with Gasteiger partial charge in [-0.25, -0.2) is 0 Å². The van der Waals surface area contributed by atoms with Gasteiger partial charge in [0.2, 0.25) is 0 Å². The summed E-state index contributed by atoms with van der Waals surface area (Å²) in [5, 5.41) is 0.590. The Bertz CT molecular complexity index is 571. The second-order valence-corrected chi connectivity index (χ2v) is 5.20. The number of halogens is 1. The van der Waals surface area contributed by atoms with Gasteiger partial charge in [0, 0.05) is 23.2 Å². The van der Waals surface area contributed by atoms with Crippen molar-refractivity contribution >= 4 is 11.6 Å². The van der Waals surface area contributed by atoms with Gasteiger partial charge < -0.3 is 15.2 Å². The second kappa shape index (κ2) is 7.34. The summed E-state index contributed by atoms with van der Waals surface area (Å²) in [6.45, 7) is 2.95. The summed E-state index contributed by atoms with van der Waals surface area (Å²) >= 11 is 6.04. The molecule has 21 heavy (non-hydrogen) atoms. The molecule has 0 heterocycles. The van der Waals surface area contributed by atoms with E-state index in [1.165, 1.54) is 5.56 Å². The van der Waals surface area contributed by atoms with E-state index in [0.29, 0.717) is 29.7 Å². The van der Waals surface area contributed by atoms with E-state index in [4.69, 9.17) is 26.8 Å². The molecule has 0 amide bonds. The van der Waals surface area contributed by atoms with Crippen molar-refractivity contribution in [3.8, 4) is 11.5 Å². The standard InChI is InChI=1S/C17H20ClNO2/c1-3-12-4-6-13(7-5-12)11-21-17-14(10-19)8-15(18)9-16(17)20-2/h4-9H,3,10-11,19H2,1-2H3. The van der Waals surface area contributed by atoms with Crippen molar-refractivity contribution < 1.29 is 9.47 Å². The monoisotopic (exact) mass is 305 g/mol. The van der Waals surface area contributed by atoms with Crippen LogP contribution in [0.2, 0.25) is 5.02 Å². The highest BCUT2D eigenvalue weighted by atomic mass is 35.5. The molecule has 112 valence electrons. The fourth-order valence-corrected chi connectivity index (χ4v) is 2.35. The molecule has 4 heteroatoms. The van der Waals surface area contributed by atoms with Crippen molar-refractivity contribution in [2.75, 3.05) is 7.11 Å². The lowest BCUT2D eigenvalue weighted by atomic mass is 10.1. The number of aryl methyl sites for hydroxylation is 1. The van der Waals surface area contributed by atoms with E-state index in [1.54, 1.807) is 19.2 Å². The minimum atomic E-state index is 0.348. The van der Waals surface area contributed by atoms with Crippen LogP contribution in [0.25, 0.3) is 0 Å². The molecule has 0 atom stereocenters. The van der Waals surface area contributed by atoms with Gasteiger partial charge in [-0.05, 0) is 23.6 Å². The second-order valence-electron chi connectivity index (χ2n) is 4.76. The van der Waals surface area contributed by atoms with E-state index in [9.17, 15) is 0 Å². The van der Waals surface area contributed by atoms with Gasteiger partial charge in [0.1, 0.15) is 6.61 Å². The fourth-order valence-electron chi connectivity index (χ4n) is 2.12. The first kappa shape index (κ1) is 15.7. The lowest BCUT2D eigenvalue weighted by molar-refractivity contribution is 0.281. The average Bonchev–Trinajstić information content (AvgIpc) is 2.53. The summed E-state index contributed by atoms with van der Waals surface area (Å²) in [7, 11) is 1.59.